The highest BCUT2D eigenvalue weighted by Crippen LogP contribution is 2.38. The Morgan fingerprint density at radius 1 is 1.00 bits per heavy atom. The Bertz CT molecular complexity index is 338. The van der Waals surface area contributed by atoms with Crippen molar-refractivity contribution < 1.29 is 30.0 Å². The van der Waals surface area contributed by atoms with Gasteiger partial charge in [0, 0.05) is 12.8 Å². The quantitative estimate of drug-likeness (QED) is 0.434. The van der Waals surface area contributed by atoms with Gasteiger partial charge in [-0.2, -0.15) is 0 Å². The van der Waals surface area contributed by atoms with Crippen LogP contribution >= 0.6 is 0 Å². The monoisotopic (exact) mass is 267 g/mol. The van der Waals surface area contributed by atoms with Gasteiger partial charge in [-0.05, 0) is 0 Å². The van der Waals surface area contributed by atoms with E-state index in [0.717, 1.165) is 30.8 Å². The van der Waals surface area contributed by atoms with E-state index in [-0.39, 0.29) is 12.4 Å². The van der Waals surface area contributed by atoms with Crippen molar-refractivity contribution >= 4 is 9.84 Å². The molecule has 0 saturated carbocycles. The van der Waals surface area contributed by atoms with Crippen molar-refractivity contribution in [2.75, 3.05) is 37.8 Å². The minimum atomic E-state index is -2.73. The molecule has 3 fully saturated rings. The normalized spacial score (nSPS) is 39.2. The van der Waals surface area contributed by atoms with Gasteiger partial charge in [-0.15, -0.1) is 0 Å². The number of hydrogen-bond donors (Lipinski definition) is 0. The van der Waals surface area contributed by atoms with Gasteiger partial charge in [-0.1, -0.05) is 0 Å². The fourth-order valence-electron chi connectivity index (χ4n) is 3.56. The van der Waals surface area contributed by atoms with Crippen LogP contribution in [0.1, 0.15) is 12.8 Å². The molecule has 0 N–H and O–H groups in total. The van der Waals surface area contributed by atoms with Crippen molar-refractivity contribution in [1.82, 2.24) is 0 Å². The molecule has 2 bridgehead atoms. The number of nitrogens with zero attached hydrogens (tertiary/aromatic N) is 1. The number of rotatable bonds is 0. The standard InChI is InChI=1S/C10H18NO3S.ClH/c12-15(13)5-3-11(4-6-15)9-1-2-10(11)8-14-7-9;/h9-10H,1-8H2;1H/q+1;/p-1. The Morgan fingerprint density at radius 2 is 1.50 bits per heavy atom. The van der Waals surface area contributed by atoms with Crippen LogP contribution in [0.2, 0.25) is 0 Å². The number of halogens is 1. The number of hydrogen-bond acceptors (Lipinski definition) is 3. The van der Waals surface area contributed by atoms with E-state index < -0.39 is 9.84 Å². The van der Waals surface area contributed by atoms with Crippen LogP contribution in [-0.4, -0.2) is 62.8 Å². The first kappa shape index (κ1) is 12.6. The summed E-state index contributed by atoms with van der Waals surface area (Å²) in [5.74, 6) is 0.778. The maximum atomic E-state index is 11.5. The lowest BCUT2D eigenvalue weighted by Gasteiger charge is -2.49. The van der Waals surface area contributed by atoms with Crippen LogP contribution in [0, 0.1) is 0 Å². The Labute approximate surface area is 103 Å². The highest BCUT2D eigenvalue weighted by Gasteiger charge is 2.54. The summed E-state index contributed by atoms with van der Waals surface area (Å²) in [6.07, 6.45) is 2.45. The van der Waals surface area contributed by atoms with E-state index in [0.29, 0.717) is 23.6 Å². The third-order valence-electron chi connectivity index (χ3n) is 4.55. The first-order chi connectivity index (χ1) is 7.12. The van der Waals surface area contributed by atoms with Crippen molar-refractivity contribution in [3.05, 3.63) is 0 Å². The third kappa shape index (κ3) is 1.78. The highest BCUT2D eigenvalue weighted by molar-refractivity contribution is 7.91. The van der Waals surface area contributed by atoms with Crippen LogP contribution in [0.4, 0.5) is 0 Å². The molecule has 1 spiro atoms. The predicted octanol–water partition coefficient (Wildman–Crippen LogP) is -3.20. The molecule has 2 atom stereocenters. The number of morpholine rings is 1. The summed E-state index contributed by atoms with van der Waals surface area (Å²) >= 11 is 0. The zero-order valence-corrected chi connectivity index (χ0v) is 10.8. The first-order valence-corrected chi connectivity index (χ1v) is 7.59. The number of ether oxygens (including phenoxy) is 1. The smallest absolute Gasteiger partial charge is 0.161 e. The predicted molar refractivity (Wildman–Crippen MR) is 56.3 cm³/mol. The molecule has 2 unspecified atom stereocenters. The van der Waals surface area contributed by atoms with Gasteiger partial charge in [0.15, 0.2) is 9.84 Å². The van der Waals surface area contributed by atoms with Crippen molar-refractivity contribution in [2.24, 2.45) is 0 Å². The van der Waals surface area contributed by atoms with Gasteiger partial charge in [0.1, 0.15) is 12.1 Å². The van der Waals surface area contributed by atoms with E-state index in [9.17, 15) is 8.42 Å². The SMILES string of the molecule is O=S1(=O)CC[N+]2(CC1)C1CCC2COC1.[Cl-]. The molecule has 3 aliphatic heterocycles. The topological polar surface area (TPSA) is 43.4 Å². The number of quaternary nitrogens is 1. The van der Waals surface area contributed by atoms with Crippen molar-refractivity contribution in [3.8, 4) is 0 Å². The summed E-state index contributed by atoms with van der Waals surface area (Å²) in [6.45, 7) is 3.36. The van der Waals surface area contributed by atoms with Gasteiger partial charge < -0.3 is 21.6 Å². The molecule has 16 heavy (non-hydrogen) atoms. The largest absolute Gasteiger partial charge is 1.00 e. The van der Waals surface area contributed by atoms with Crippen LogP contribution in [0.3, 0.4) is 0 Å². The van der Waals surface area contributed by atoms with Crippen LogP contribution in [0.5, 0.6) is 0 Å². The van der Waals surface area contributed by atoms with Crippen molar-refractivity contribution in [3.63, 3.8) is 0 Å². The molecule has 0 aromatic rings. The van der Waals surface area contributed by atoms with Gasteiger partial charge in [-0.25, -0.2) is 8.42 Å². The van der Waals surface area contributed by atoms with Crippen LogP contribution in [0.25, 0.3) is 0 Å². The minimum absolute atomic E-state index is 0. The van der Waals surface area contributed by atoms with Crippen LogP contribution < -0.4 is 12.4 Å². The second-order valence-electron chi connectivity index (χ2n) is 5.12. The maximum absolute atomic E-state index is 11.5. The maximum Gasteiger partial charge on any atom is 0.161 e. The average Bonchev–Trinajstić information content (AvgIpc) is 2.40. The summed E-state index contributed by atoms with van der Waals surface area (Å²) in [5.41, 5.74) is 0. The van der Waals surface area contributed by atoms with Crippen LogP contribution in [0.15, 0.2) is 0 Å². The summed E-state index contributed by atoms with van der Waals surface area (Å²) in [6, 6.07) is 1.17. The molecular formula is C10H18ClNO3S. The molecule has 0 aliphatic carbocycles. The molecule has 94 valence electrons. The first-order valence-electron chi connectivity index (χ1n) is 5.77. The van der Waals surface area contributed by atoms with Gasteiger partial charge in [0.05, 0.1) is 37.8 Å². The molecule has 3 rings (SSSR count). The van der Waals surface area contributed by atoms with E-state index >= 15 is 0 Å². The van der Waals surface area contributed by atoms with E-state index in [1.807, 2.05) is 0 Å². The number of sulfone groups is 1. The molecular weight excluding hydrogens is 250 g/mol. The lowest BCUT2D eigenvalue weighted by molar-refractivity contribution is -0.965. The lowest BCUT2D eigenvalue weighted by Crippen LogP contribution is -3.00. The van der Waals surface area contributed by atoms with Gasteiger partial charge in [0.25, 0.3) is 0 Å². The van der Waals surface area contributed by atoms with E-state index in [1.54, 1.807) is 0 Å². The molecule has 4 nitrogen and oxygen atoms in total. The van der Waals surface area contributed by atoms with Crippen LogP contribution in [-0.2, 0) is 14.6 Å². The fourth-order valence-corrected chi connectivity index (χ4v) is 5.00. The Hall–Kier alpha value is 0.160. The molecule has 0 aromatic carbocycles. The lowest BCUT2D eigenvalue weighted by atomic mass is 10.1. The summed E-state index contributed by atoms with van der Waals surface area (Å²) in [4.78, 5) is 0. The second-order valence-corrected chi connectivity index (χ2v) is 7.43. The zero-order valence-electron chi connectivity index (χ0n) is 9.27. The highest BCUT2D eigenvalue weighted by atomic mass is 35.5. The van der Waals surface area contributed by atoms with Crippen molar-refractivity contribution in [1.29, 1.82) is 0 Å². The molecule has 3 saturated heterocycles. The Morgan fingerprint density at radius 3 is 2.00 bits per heavy atom. The molecule has 6 heteroatoms. The zero-order chi connectivity index (χ0) is 10.5. The van der Waals surface area contributed by atoms with Gasteiger partial charge >= 0.3 is 0 Å². The average molecular weight is 268 g/mol. The summed E-state index contributed by atoms with van der Waals surface area (Å²) in [7, 11) is -2.73. The Balaban J connectivity index is 0.000000963. The third-order valence-corrected chi connectivity index (χ3v) is 6.15. The minimum Gasteiger partial charge on any atom is -1.00 e. The Kier molecular flexibility index (Phi) is 3.25. The van der Waals surface area contributed by atoms with E-state index in [1.165, 1.54) is 12.8 Å². The fraction of sp³-hybridized carbons (Fsp3) is 1.00. The molecule has 3 aliphatic rings. The van der Waals surface area contributed by atoms with Crippen molar-refractivity contribution in [2.45, 2.75) is 24.9 Å². The van der Waals surface area contributed by atoms with Gasteiger partial charge in [0.2, 0.25) is 0 Å². The van der Waals surface area contributed by atoms with E-state index in [4.69, 9.17) is 4.74 Å². The molecule has 0 amide bonds. The molecule has 0 radical (unpaired) electrons. The second kappa shape index (κ2) is 4.12. The summed E-state index contributed by atoms with van der Waals surface area (Å²) in [5, 5.41) is 0. The summed E-state index contributed by atoms with van der Waals surface area (Å²) < 4.78 is 29.6. The van der Waals surface area contributed by atoms with Gasteiger partial charge in [-0.3, -0.25) is 0 Å². The molecule has 0 aromatic heterocycles. The molecule has 3 heterocycles. The van der Waals surface area contributed by atoms with E-state index in [2.05, 4.69) is 0 Å².